The third kappa shape index (κ3) is 4.37. The normalized spacial score (nSPS) is 11.8. The lowest BCUT2D eigenvalue weighted by molar-refractivity contribution is 0.355. The van der Waals surface area contributed by atoms with Crippen LogP contribution in [0.15, 0.2) is 70.6 Å². The van der Waals surface area contributed by atoms with Gasteiger partial charge in [-0.3, -0.25) is 4.99 Å². The number of nitrogens with zero attached hydrogens (tertiary/aromatic N) is 3. The van der Waals surface area contributed by atoms with Crippen LogP contribution in [0.3, 0.4) is 0 Å². The molecule has 3 aromatic rings. The highest BCUT2D eigenvalue weighted by atomic mass is 32.1. The van der Waals surface area contributed by atoms with Crippen molar-refractivity contribution in [3.05, 3.63) is 76.7 Å². The fraction of sp³-hybridized carbons (Fsp3) is 0.143. The molecule has 0 bridgehead atoms. The number of methoxy groups -OCH3 is 2. The van der Waals surface area contributed by atoms with E-state index >= 15 is 0 Å². The third-order valence-corrected chi connectivity index (χ3v) is 4.76. The Morgan fingerprint density at radius 3 is 2.54 bits per heavy atom. The minimum atomic E-state index is -0.282. The quantitative estimate of drug-likeness (QED) is 0.440. The Labute approximate surface area is 166 Å². The van der Waals surface area contributed by atoms with Crippen molar-refractivity contribution in [1.82, 2.24) is 4.68 Å². The maximum Gasteiger partial charge on any atom is 0.206 e. The van der Waals surface area contributed by atoms with Crippen molar-refractivity contribution in [1.29, 1.82) is 0 Å². The van der Waals surface area contributed by atoms with Crippen LogP contribution in [0.25, 0.3) is 11.3 Å². The van der Waals surface area contributed by atoms with Crippen molar-refractivity contribution in [3.8, 4) is 22.8 Å². The van der Waals surface area contributed by atoms with Gasteiger partial charge < -0.3 is 9.47 Å². The molecule has 28 heavy (non-hydrogen) atoms. The van der Waals surface area contributed by atoms with Crippen molar-refractivity contribution in [2.24, 2.45) is 10.1 Å². The molecule has 0 aliphatic carbocycles. The topological polar surface area (TPSA) is 48.1 Å². The molecule has 0 amide bonds. The molecule has 7 heteroatoms. The van der Waals surface area contributed by atoms with E-state index in [1.807, 2.05) is 23.6 Å². The van der Waals surface area contributed by atoms with E-state index in [-0.39, 0.29) is 5.82 Å². The van der Waals surface area contributed by atoms with Crippen LogP contribution in [0.1, 0.15) is 5.56 Å². The summed E-state index contributed by atoms with van der Waals surface area (Å²) in [7, 11) is 3.18. The van der Waals surface area contributed by atoms with Gasteiger partial charge in [-0.1, -0.05) is 6.08 Å². The standard InChI is InChI=1S/C21H20FN3O2S/c1-4-11-23-21-25(18(14-28-21)16-6-8-17(22)9-7-16)24-13-15-5-10-19(26-2)20(12-15)27-3/h4-10,12-14H,1,11H2,2-3H3. The second-order valence-electron chi connectivity index (χ2n) is 5.71. The zero-order chi connectivity index (χ0) is 19.9. The summed E-state index contributed by atoms with van der Waals surface area (Å²) in [6, 6.07) is 11.8. The van der Waals surface area contributed by atoms with Crippen LogP contribution in [-0.4, -0.2) is 31.7 Å². The first-order valence-electron chi connectivity index (χ1n) is 8.50. The molecule has 0 unspecified atom stereocenters. The van der Waals surface area contributed by atoms with E-state index in [1.165, 1.54) is 23.5 Å². The molecular formula is C21H20FN3O2S. The number of hydrogen-bond acceptors (Lipinski definition) is 5. The minimum Gasteiger partial charge on any atom is -0.493 e. The summed E-state index contributed by atoms with van der Waals surface area (Å²) in [5, 5.41) is 6.55. The molecule has 0 aliphatic heterocycles. The van der Waals surface area contributed by atoms with Crippen LogP contribution in [0.5, 0.6) is 11.5 Å². The molecule has 3 rings (SSSR count). The number of ether oxygens (including phenoxy) is 2. The molecule has 0 spiro atoms. The van der Waals surface area contributed by atoms with Gasteiger partial charge in [0.1, 0.15) is 5.82 Å². The van der Waals surface area contributed by atoms with Gasteiger partial charge in [-0.2, -0.15) is 5.10 Å². The first-order valence-corrected chi connectivity index (χ1v) is 9.38. The maximum absolute atomic E-state index is 13.3. The number of halogens is 1. The Morgan fingerprint density at radius 2 is 1.86 bits per heavy atom. The Hall–Kier alpha value is -3.19. The summed E-state index contributed by atoms with van der Waals surface area (Å²) >= 11 is 1.46. The van der Waals surface area contributed by atoms with Gasteiger partial charge in [0.15, 0.2) is 11.5 Å². The predicted molar refractivity (Wildman–Crippen MR) is 111 cm³/mol. The molecule has 0 saturated heterocycles. The highest BCUT2D eigenvalue weighted by Crippen LogP contribution is 2.27. The second-order valence-corrected chi connectivity index (χ2v) is 6.55. The van der Waals surface area contributed by atoms with E-state index in [1.54, 1.807) is 43.3 Å². The number of thiazole rings is 1. The minimum absolute atomic E-state index is 0.282. The molecular weight excluding hydrogens is 377 g/mol. The fourth-order valence-corrected chi connectivity index (χ4v) is 3.39. The molecule has 2 aromatic carbocycles. The van der Waals surface area contributed by atoms with Gasteiger partial charge in [-0.25, -0.2) is 9.07 Å². The van der Waals surface area contributed by atoms with Crippen molar-refractivity contribution in [2.75, 3.05) is 20.8 Å². The van der Waals surface area contributed by atoms with Crippen LogP contribution >= 0.6 is 11.3 Å². The summed E-state index contributed by atoms with van der Waals surface area (Å²) in [4.78, 5) is 5.21. The largest absolute Gasteiger partial charge is 0.493 e. The molecule has 0 aliphatic rings. The van der Waals surface area contributed by atoms with Crippen LogP contribution in [-0.2, 0) is 0 Å². The monoisotopic (exact) mass is 397 g/mol. The third-order valence-electron chi connectivity index (χ3n) is 3.91. The molecule has 144 valence electrons. The second kappa shape index (κ2) is 9.14. The van der Waals surface area contributed by atoms with Crippen molar-refractivity contribution in [3.63, 3.8) is 0 Å². The number of hydrogen-bond donors (Lipinski definition) is 0. The van der Waals surface area contributed by atoms with Gasteiger partial charge in [-0.05, 0) is 48.0 Å². The van der Waals surface area contributed by atoms with Gasteiger partial charge in [0, 0.05) is 10.9 Å². The SMILES string of the molecule is C=CCN=c1scc(-c2ccc(F)cc2)n1N=Cc1ccc(OC)c(OC)c1. The lowest BCUT2D eigenvalue weighted by Crippen LogP contribution is -2.12. The van der Waals surface area contributed by atoms with E-state index in [9.17, 15) is 4.39 Å². The molecule has 0 N–H and O–H groups in total. The molecule has 1 heterocycles. The van der Waals surface area contributed by atoms with E-state index < -0.39 is 0 Å². The van der Waals surface area contributed by atoms with E-state index in [2.05, 4.69) is 16.7 Å². The predicted octanol–water partition coefficient (Wildman–Crippen LogP) is 4.34. The van der Waals surface area contributed by atoms with E-state index in [0.717, 1.165) is 21.6 Å². The van der Waals surface area contributed by atoms with Crippen LogP contribution in [0, 0.1) is 5.82 Å². The first kappa shape index (κ1) is 19.6. The lowest BCUT2D eigenvalue weighted by atomic mass is 10.2. The van der Waals surface area contributed by atoms with Crippen molar-refractivity contribution in [2.45, 2.75) is 0 Å². The molecule has 1 aromatic heterocycles. The van der Waals surface area contributed by atoms with E-state index in [4.69, 9.17) is 9.47 Å². The Kier molecular flexibility index (Phi) is 6.39. The van der Waals surface area contributed by atoms with Crippen LogP contribution < -0.4 is 14.3 Å². The smallest absolute Gasteiger partial charge is 0.206 e. The zero-order valence-electron chi connectivity index (χ0n) is 15.6. The average Bonchev–Trinajstić information content (AvgIpc) is 3.13. The zero-order valence-corrected chi connectivity index (χ0v) is 16.4. The summed E-state index contributed by atoms with van der Waals surface area (Å²) in [5.74, 6) is 0.990. The lowest BCUT2D eigenvalue weighted by Gasteiger charge is -2.07. The molecule has 0 radical (unpaired) electrons. The van der Waals surface area contributed by atoms with Gasteiger partial charge in [-0.15, -0.1) is 17.9 Å². The van der Waals surface area contributed by atoms with Gasteiger partial charge in [0.25, 0.3) is 0 Å². The molecule has 0 fully saturated rings. The average molecular weight is 397 g/mol. The molecule has 5 nitrogen and oxygen atoms in total. The van der Waals surface area contributed by atoms with E-state index in [0.29, 0.717) is 18.0 Å². The molecule has 0 atom stereocenters. The van der Waals surface area contributed by atoms with Gasteiger partial charge in [0.2, 0.25) is 4.80 Å². The van der Waals surface area contributed by atoms with Crippen LogP contribution in [0.2, 0.25) is 0 Å². The summed E-state index contributed by atoms with van der Waals surface area (Å²) in [6.45, 7) is 4.19. The number of rotatable bonds is 7. The Morgan fingerprint density at radius 1 is 1.11 bits per heavy atom. The summed E-state index contributed by atoms with van der Waals surface area (Å²) in [6.07, 6.45) is 3.44. The number of aromatic nitrogens is 1. The maximum atomic E-state index is 13.3. The summed E-state index contributed by atoms with van der Waals surface area (Å²) in [5.41, 5.74) is 2.52. The first-order chi connectivity index (χ1) is 13.7. The van der Waals surface area contributed by atoms with Gasteiger partial charge >= 0.3 is 0 Å². The van der Waals surface area contributed by atoms with Gasteiger partial charge in [0.05, 0.1) is 32.7 Å². The van der Waals surface area contributed by atoms with Crippen molar-refractivity contribution < 1.29 is 13.9 Å². The Balaban J connectivity index is 2.04. The van der Waals surface area contributed by atoms with Crippen molar-refractivity contribution >= 4 is 17.6 Å². The molecule has 0 saturated carbocycles. The highest BCUT2D eigenvalue weighted by Gasteiger charge is 2.08. The Bertz CT molecular complexity index is 1050. The highest BCUT2D eigenvalue weighted by molar-refractivity contribution is 7.07. The van der Waals surface area contributed by atoms with Crippen LogP contribution in [0.4, 0.5) is 4.39 Å². The fourth-order valence-electron chi connectivity index (χ4n) is 2.54. The summed E-state index contributed by atoms with van der Waals surface area (Å²) < 4.78 is 25.6. The number of benzene rings is 2.